The molecule has 2 atom stereocenters. The third kappa shape index (κ3) is 3.70. The van der Waals surface area contributed by atoms with Crippen LogP contribution < -0.4 is 10.1 Å². The zero-order chi connectivity index (χ0) is 13.8. The largest absolute Gasteiger partial charge is 0.496 e. The molecule has 0 aromatic heterocycles. The van der Waals surface area contributed by atoms with Crippen molar-refractivity contribution in [2.24, 2.45) is 0 Å². The first-order valence-electron chi connectivity index (χ1n) is 6.42. The van der Waals surface area contributed by atoms with E-state index in [0.717, 1.165) is 23.7 Å². The molecule has 5 heteroatoms. The second-order valence-electron chi connectivity index (χ2n) is 4.84. The first-order valence-corrected chi connectivity index (χ1v) is 7.22. The Morgan fingerprint density at radius 3 is 2.95 bits per heavy atom. The summed E-state index contributed by atoms with van der Waals surface area (Å²) < 4.78 is 6.09. The lowest BCUT2D eigenvalue weighted by Gasteiger charge is -2.26. The number of halogens is 1. The first-order chi connectivity index (χ1) is 9.10. The number of aliphatic hydroxyl groups excluding tert-OH is 1. The fraction of sp³-hybridized carbons (Fsp3) is 0.500. The summed E-state index contributed by atoms with van der Waals surface area (Å²) in [6.45, 7) is 0. The molecule has 1 aromatic carbocycles. The van der Waals surface area contributed by atoms with Gasteiger partial charge in [-0.15, -0.1) is 0 Å². The van der Waals surface area contributed by atoms with E-state index < -0.39 is 0 Å². The smallest absolute Gasteiger partial charge is 0.255 e. The number of hydrogen-bond acceptors (Lipinski definition) is 3. The highest BCUT2D eigenvalue weighted by molar-refractivity contribution is 9.10. The Labute approximate surface area is 121 Å². The number of carbonyl (C=O) groups excluding carboxylic acids is 1. The van der Waals surface area contributed by atoms with E-state index >= 15 is 0 Å². The Hall–Kier alpha value is -1.07. The van der Waals surface area contributed by atoms with Crippen LogP contribution in [-0.2, 0) is 0 Å². The lowest BCUT2D eigenvalue weighted by atomic mass is 9.93. The molecule has 19 heavy (non-hydrogen) atoms. The van der Waals surface area contributed by atoms with Crippen LogP contribution in [0.4, 0.5) is 0 Å². The van der Waals surface area contributed by atoms with Crippen LogP contribution in [0.5, 0.6) is 5.75 Å². The summed E-state index contributed by atoms with van der Waals surface area (Å²) in [5, 5.41) is 12.6. The van der Waals surface area contributed by atoms with E-state index in [1.54, 1.807) is 19.2 Å². The van der Waals surface area contributed by atoms with Crippen molar-refractivity contribution in [3.05, 3.63) is 28.2 Å². The van der Waals surface area contributed by atoms with E-state index in [4.69, 9.17) is 4.74 Å². The number of carbonyl (C=O) groups is 1. The molecule has 1 saturated carbocycles. The van der Waals surface area contributed by atoms with Gasteiger partial charge in [0.15, 0.2) is 0 Å². The summed E-state index contributed by atoms with van der Waals surface area (Å²) >= 11 is 3.35. The Bertz CT molecular complexity index is 464. The third-order valence-electron chi connectivity index (χ3n) is 3.39. The minimum absolute atomic E-state index is 0.0459. The number of benzene rings is 1. The van der Waals surface area contributed by atoms with Gasteiger partial charge in [-0.3, -0.25) is 4.79 Å². The molecule has 1 aliphatic rings. The number of ether oxygens (including phenoxy) is 1. The first kappa shape index (κ1) is 14.3. The van der Waals surface area contributed by atoms with Crippen molar-refractivity contribution in [2.75, 3.05) is 7.11 Å². The average molecular weight is 328 g/mol. The zero-order valence-corrected chi connectivity index (χ0v) is 12.4. The Morgan fingerprint density at radius 2 is 2.26 bits per heavy atom. The van der Waals surface area contributed by atoms with Gasteiger partial charge in [0.05, 0.1) is 18.8 Å². The van der Waals surface area contributed by atoms with Crippen LogP contribution >= 0.6 is 15.9 Å². The summed E-state index contributed by atoms with van der Waals surface area (Å²) in [7, 11) is 1.54. The summed E-state index contributed by atoms with van der Waals surface area (Å²) in [4.78, 5) is 12.2. The van der Waals surface area contributed by atoms with E-state index in [9.17, 15) is 9.90 Å². The van der Waals surface area contributed by atoms with Gasteiger partial charge in [-0.05, 0) is 43.9 Å². The van der Waals surface area contributed by atoms with Crippen molar-refractivity contribution in [3.8, 4) is 5.75 Å². The lowest BCUT2D eigenvalue weighted by Crippen LogP contribution is -2.39. The van der Waals surface area contributed by atoms with Crippen molar-refractivity contribution in [3.63, 3.8) is 0 Å². The maximum Gasteiger partial charge on any atom is 0.255 e. The summed E-state index contributed by atoms with van der Waals surface area (Å²) in [6.07, 6.45) is 3.02. The number of nitrogens with one attached hydrogen (secondary N) is 1. The van der Waals surface area contributed by atoms with Crippen LogP contribution in [0.3, 0.4) is 0 Å². The second kappa shape index (κ2) is 6.39. The molecule has 0 saturated heterocycles. The van der Waals surface area contributed by atoms with E-state index in [0.29, 0.717) is 17.7 Å². The van der Waals surface area contributed by atoms with Crippen LogP contribution in [0.15, 0.2) is 22.7 Å². The van der Waals surface area contributed by atoms with Crippen LogP contribution in [0.2, 0.25) is 0 Å². The quantitative estimate of drug-likeness (QED) is 0.896. The third-order valence-corrected chi connectivity index (χ3v) is 3.88. The van der Waals surface area contributed by atoms with Gasteiger partial charge in [0.2, 0.25) is 0 Å². The van der Waals surface area contributed by atoms with Crippen LogP contribution in [0.25, 0.3) is 0 Å². The van der Waals surface area contributed by atoms with Crippen LogP contribution in [0.1, 0.15) is 36.0 Å². The maximum absolute atomic E-state index is 12.2. The molecule has 1 amide bonds. The van der Waals surface area contributed by atoms with Gasteiger partial charge in [-0.2, -0.15) is 0 Å². The lowest BCUT2D eigenvalue weighted by molar-refractivity contribution is 0.0847. The van der Waals surface area contributed by atoms with Gasteiger partial charge in [0.25, 0.3) is 5.91 Å². The van der Waals surface area contributed by atoms with Gasteiger partial charge in [0.1, 0.15) is 5.75 Å². The summed E-state index contributed by atoms with van der Waals surface area (Å²) in [5.74, 6) is 0.395. The Morgan fingerprint density at radius 1 is 1.47 bits per heavy atom. The number of hydrogen-bond donors (Lipinski definition) is 2. The molecule has 4 nitrogen and oxygen atoms in total. The molecule has 2 rings (SSSR count). The molecule has 0 radical (unpaired) electrons. The van der Waals surface area contributed by atoms with Gasteiger partial charge in [-0.1, -0.05) is 15.9 Å². The highest BCUT2D eigenvalue weighted by Gasteiger charge is 2.23. The molecule has 0 heterocycles. The average Bonchev–Trinajstić information content (AvgIpc) is 2.38. The van der Waals surface area contributed by atoms with Crippen LogP contribution in [-0.4, -0.2) is 30.3 Å². The van der Waals surface area contributed by atoms with E-state index in [1.165, 1.54) is 0 Å². The molecule has 2 N–H and O–H groups in total. The van der Waals surface area contributed by atoms with Gasteiger partial charge >= 0.3 is 0 Å². The SMILES string of the molecule is COc1cc(Br)ccc1C(=O)NC1CCCC(O)C1. The summed E-state index contributed by atoms with van der Waals surface area (Å²) in [5.41, 5.74) is 0.519. The van der Waals surface area contributed by atoms with Crippen molar-refractivity contribution in [1.29, 1.82) is 0 Å². The molecule has 1 fully saturated rings. The molecule has 104 valence electrons. The van der Waals surface area contributed by atoms with Gasteiger partial charge in [0, 0.05) is 10.5 Å². The maximum atomic E-state index is 12.2. The fourth-order valence-electron chi connectivity index (χ4n) is 2.41. The normalized spacial score (nSPS) is 22.9. The highest BCUT2D eigenvalue weighted by Crippen LogP contribution is 2.24. The number of amides is 1. The molecule has 0 aliphatic heterocycles. The van der Waals surface area contributed by atoms with E-state index in [-0.39, 0.29) is 18.1 Å². The van der Waals surface area contributed by atoms with Crippen molar-refractivity contribution < 1.29 is 14.6 Å². The minimum atomic E-state index is -0.300. The predicted octanol–water partition coefficient (Wildman–Crippen LogP) is 2.49. The highest BCUT2D eigenvalue weighted by atomic mass is 79.9. The molecule has 0 bridgehead atoms. The van der Waals surface area contributed by atoms with Crippen LogP contribution in [0, 0.1) is 0 Å². The van der Waals surface area contributed by atoms with Crippen molar-refractivity contribution in [2.45, 2.75) is 37.8 Å². The topological polar surface area (TPSA) is 58.6 Å². The Kier molecular flexibility index (Phi) is 4.82. The van der Waals surface area contributed by atoms with Gasteiger partial charge < -0.3 is 15.2 Å². The Balaban J connectivity index is 2.07. The second-order valence-corrected chi connectivity index (χ2v) is 5.75. The van der Waals surface area contributed by atoms with E-state index in [2.05, 4.69) is 21.2 Å². The standard InChI is InChI=1S/C14H18BrNO3/c1-19-13-7-9(15)5-6-12(13)14(18)16-10-3-2-4-11(17)8-10/h5-7,10-11,17H,2-4,8H2,1H3,(H,16,18). The fourth-order valence-corrected chi connectivity index (χ4v) is 2.75. The molecular formula is C14H18BrNO3. The molecule has 1 aromatic rings. The van der Waals surface area contributed by atoms with E-state index in [1.807, 2.05) is 6.07 Å². The molecule has 0 spiro atoms. The van der Waals surface area contributed by atoms with Gasteiger partial charge in [-0.25, -0.2) is 0 Å². The summed E-state index contributed by atoms with van der Waals surface area (Å²) in [6, 6.07) is 5.36. The monoisotopic (exact) mass is 327 g/mol. The number of methoxy groups -OCH3 is 1. The van der Waals surface area contributed by atoms with Crippen molar-refractivity contribution in [1.82, 2.24) is 5.32 Å². The molecule has 1 aliphatic carbocycles. The zero-order valence-electron chi connectivity index (χ0n) is 10.9. The predicted molar refractivity (Wildman–Crippen MR) is 76.4 cm³/mol. The molecule has 2 unspecified atom stereocenters. The number of rotatable bonds is 3. The number of aliphatic hydroxyl groups is 1. The molecular weight excluding hydrogens is 310 g/mol. The van der Waals surface area contributed by atoms with Crippen molar-refractivity contribution >= 4 is 21.8 Å². The minimum Gasteiger partial charge on any atom is -0.496 e.